The summed E-state index contributed by atoms with van der Waals surface area (Å²) in [5, 5.41) is 12.1. The van der Waals surface area contributed by atoms with Crippen molar-refractivity contribution in [2.45, 2.75) is 0 Å². The van der Waals surface area contributed by atoms with Crippen molar-refractivity contribution >= 4 is 21.9 Å². The highest BCUT2D eigenvalue weighted by Gasteiger charge is 2.26. The minimum absolute atomic E-state index is 0.00634. The van der Waals surface area contributed by atoms with E-state index in [0.29, 0.717) is 5.75 Å². The first kappa shape index (κ1) is 12.0. The van der Waals surface area contributed by atoms with Gasteiger partial charge in [-0.3, -0.25) is 0 Å². The van der Waals surface area contributed by atoms with Gasteiger partial charge in [-0.2, -0.15) is 0 Å². The number of carboxylic acids is 1. The van der Waals surface area contributed by atoms with Gasteiger partial charge in [0.15, 0.2) is 23.0 Å². The lowest BCUT2D eigenvalue weighted by Gasteiger charge is -2.05. The maximum Gasteiger partial charge on any atom is 0.358 e. The zero-order valence-electron chi connectivity index (χ0n) is 9.15. The van der Waals surface area contributed by atoms with Crippen LogP contribution in [0.2, 0.25) is 0 Å². The second-order valence-electron chi connectivity index (χ2n) is 3.66. The highest BCUT2D eigenvalue weighted by Crippen LogP contribution is 2.46. The van der Waals surface area contributed by atoms with Crippen molar-refractivity contribution in [2.75, 3.05) is 6.79 Å². The maximum absolute atomic E-state index is 14.0. The van der Waals surface area contributed by atoms with Gasteiger partial charge in [-0.1, -0.05) is 5.16 Å². The smallest absolute Gasteiger partial charge is 0.358 e. The number of hydrogen-bond acceptors (Lipinski definition) is 5. The number of ether oxygens (including phenoxy) is 2. The van der Waals surface area contributed by atoms with Crippen LogP contribution < -0.4 is 9.47 Å². The fourth-order valence-corrected chi connectivity index (χ4v) is 2.39. The SMILES string of the molecule is O=C(O)c1cc(-c2c(F)cc3c(c2Br)OCO3)on1. The number of aromatic carboxylic acids is 1. The third kappa shape index (κ3) is 1.84. The normalized spacial score (nSPS) is 12.7. The molecular formula is C11H5BrFNO5. The zero-order valence-corrected chi connectivity index (χ0v) is 10.7. The lowest BCUT2D eigenvalue weighted by atomic mass is 10.1. The average Bonchev–Trinajstić information content (AvgIpc) is 2.97. The molecule has 0 fully saturated rings. The summed E-state index contributed by atoms with van der Waals surface area (Å²) in [6.45, 7) is -0.00634. The third-order valence-electron chi connectivity index (χ3n) is 2.53. The molecule has 2 heterocycles. The Morgan fingerprint density at radius 2 is 2.21 bits per heavy atom. The molecular weight excluding hydrogens is 325 g/mol. The number of carboxylic acid groups (broad SMARTS) is 1. The van der Waals surface area contributed by atoms with Gasteiger partial charge in [-0.05, 0) is 15.9 Å². The Morgan fingerprint density at radius 3 is 2.89 bits per heavy atom. The quantitative estimate of drug-likeness (QED) is 0.912. The molecule has 0 amide bonds. The lowest BCUT2D eigenvalue weighted by molar-refractivity contribution is 0.0686. The molecule has 1 aliphatic rings. The van der Waals surface area contributed by atoms with Crippen LogP contribution in [-0.2, 0) is 0 Å². The first-order chi connectivity index (χ1) is 9.08. The molecule has 1 aromatic heterocycles. The van der Waals surface area contributed by atoms with E-state index in [0.717, 1.165) is 12.1 Å². The lowest BCUT2D eigenvalue weighted by Crippen LogP contribution is -1.94. The van der Waals surface area contributed by atoms with Crippen LogP contribution in [0.1, 0.15) is 10.5 Å². The van der Waals surface area contributed by atoms with Crippen molar-refractivity contribution in [2.24, 2.45) is 0 Å². The number of hydrogen-bond donors (Lipinski definition) is 1. The molecule has 0 unspecified atom stereocenters. The summed E-state index contributed by atoms with van der Waals surface area (Å²) in [7, 11) is 0. The Bertz CT molecular complexity index is 684. The summed E-state index contributed by atoms with van der Waals surface area (Å²) in [5.41, 5.74) is -0.275. The fourth-order valence-electron chi connectivity index (χ4n) is 1.69. The molecule has 0 aliphatic carbocycles. The van der Waals surface area contributed by atoms with Crippen LogP contribution in [0.15, 0.2) is 21.1 Å². The van der Waals surface area contributed by atoms with E-state index in [1.54, 1.807) is 0 Å². The second-order valence-corrected chi connectivity index (χ2v) is 4.46. The minimum Gasteiger partial charge on any atom is -0.476 e. The van der Waals surface area contributed by atoms with Crippen molar-refractivity contribution in [3.8, 4) is 22.8 Å². The maximum atomic E-state index is 14.0. The van der Waals surface area contributed by atoms with Crippen LogP contribution >= 0.6 is 15.9 Å². The van der Waals surface area contributed by atoms with E-state index in [2.05, 4.69) is 21.1 Å². The molecule has 8 heteroatoms. The van der Waals surface area contributed by atoms with Crippen LogP contribution in [0.25, 0.3) is 11.3 Å². The van der Waals surface area contributed by atoms with E-state index in [4.69, 9.17) is 19.1 Å². The molecule has 1 aliphatic heterocycles. The van der Waals surface area contributed by atoms with Crippen molar-refractivity contribution in [1.82, 2.24) is 5.16 Å². The fraction of sp³-hybridized carbons (Fsp3) is 0.0909. The Hall–Kier alpha value is -2.09. The van der Waals surface area contributed by atoms with Crippen molar-refractivity contribution in [3.63, 3.8) is 0 Å². The van der Waals surface area contributed by atoms with Crippen LogP contribution in [-0.4, -0.2) is 23.0 Å². The summed E-state index contributed by atoms with van der Waals surface area (Å²) in [4.78, 5) is 10.7. The van der Waals surface area contributed by atoms with Crippen molar-refractivity contribution < 1.29 is 28.3 Å². The number of halogens is 2. The van der Waals surface area contributed by atoms with E-state index in [-0.39, 0.29) is 34.0 Å². The minimum atomic E-state index is -1.26. The Labute approximate surface area is 113 Å². The van der Waals surface area contributed by atoms with Crippen LogP contribution in [0.5, 0.6) is 11.5 Å². The van der Waals surface area contributed by atoms with Gasteiger partial charge in [0.25, 0.3) is 0 Å². The van der Waals surface area contributed by atoms with E-state index in [1.807, 2.05) is 0 Å². The molecule has 2 aromatic rings. The first-order valence-corrected chi connectivity index (χ1v) is 5.85. The highest BCUT2D eigenvalue weighted by molar-refractivity contribution is 9.10. The molecule has 98 valence electrons. The van der Waals surface area contributed by atoms with Gasteiger partial charge in [-0.25, -0.2) is 9.18 Å². The van der Waals surface area contributed by atoms with Gasteiger partial charge in [0, 0.05) is 12.1 Å². The van der Waals surface area contributed by atoms with Crippen LogP contribution in [0.4, 0.5) is 4.39 Å². The highest BCUT2D eigenvalue weighted by atomic mass is 79.9. The molecule has 0 atom stereocenters. The molecule has 19 heavy (non-hydrogen) atoms. The second kappa shape index (κ2) is 4.23. The molecule has 1 N–H and O–H groups in total. The van der Waals surface area contributed by atoms with Gasteiger partial charge in [0.1, 0.15) is 5.82 Å². The van der Waals surface area contributed by atoms with E-state index < -0.39 is 11.8 Å². The molecule has 3 rings (SSSR count). The predicted octanol–water partition coefficient (Wildman–Crippen LogP) is 2.67. The zero-order chi connectivity index (χ0) is 13.6. The molecule has 0 bridgehead atoms. The Balaban J connectivity index is 2.16. The molecule has 1 aromatic carbocycles. The number of rotatable bonds is 2. The Morgan fingerprint density at radius 1 is 1.42 bits per heavy atom. The topological polar surface area (TPSA) is 81.8 Å². The predicted molar refractivity (Wildman–Crippen MR) is 62.7 cm³/mol. The van der Waals surface area contributed by atoms with E-state index in [9.17, 15) is 9.18 Å². The van der Waals surface area contributed by atoms with Crippen molar-refractivity contribution in [3.05, 3.63) is 28.1 Å². The standard InChI is InChI=1S/C11H5BrFNO5/c12-9-8(6-2-5(11(15)16)14-19-6)4(13)1-7-10(9)18-3-17-7/h1-2H,3H2,(H,15,16). The van der Waals surface area contributed by atoms with Crippen LogP contribution in [0.3, 0.4) is 0 Å². The summed E-state index contributed by atoms with van der Waals surface area (Å²) in [6.07, 6.45) is 0. The monoisotopic (exact) mass is 329 g/mol. The molecule has 6 nitrogen and oxygen atoms in total. The van der Waals surface area contributed by atoms with E-state index in [1.165, 1.54) is 0 Å². The third-order valence-corrected chi connectivity index (χ3v) is 3.29. The van der Waals surface area contributed by atoms with Gasteiger partial charge in [-0.15, -0.1) is 0 Å². The summed E-state index contributed by atoms with van der Waals surface area (Å²) in [5.74, 6) is -1.30. The number of aromatic nitrogens is 1. The Kier molecular flexibility index (Phi) is 2.67. The van der Waals surface area contributed by atoms with Gasteiger partial charge in [0.2, 0.25) is 6.79 Å². The summed E-state index contributed by atoms with van der Waals surface area (Å²) in [6, 6.07) is 2.28. The molecule has 0 radical (unpaired) electrons. The number of carbonyl (C=O) groups is 1. The molecule has 0 saturated carbocycles. The summed E-state index contributed by atoms with van der Waals surface area (Å²) < 4.78 is 29.4. The molecule has 0 saturated heterocycles. The van der Waals surface area contributed by atoms with E-state index >= 15 is 0 Å². The van der Waals surface area contributed by atoms with Crippen molar-refractivity contribution in [1.29, 1.82) is 0 Å². The largest absolute Gasteiger partial charge is 0.476 e. The van der Waals surface area contributed by atoms with Gasteiger partial charge in [0.05, 0.1) is 10.0 Å². The number of fused-ring (bicyclic) bond motifs is 1. The average molecular weight is 330 g/mol. The number of benzene rings is 1. The molecule has 0 spiro atoms. The van der Waals surface area contributed by atoms with Gasteiger partial charge >= 0.3 is 5.97 Å². The number of nitrogens with zero attached hydrogens (tertiary/aromatic N) is 1. The van der Waals surface area contributed by atoms with Gasteiger partial charge < -0.3 is 19.1 Å². The summed E-state index contributed by atoms with van der Waals surface area (Å²) >= 11 is 3.19. The van der Waals surface area contributed by atoms with Crippen LogP contribution in [0, 0.1) is 5.82 Å². The first-order valence-electron chi connectivity index (χ1n) is 5.06.